The lowest BCUT2D eigenvalue weighted by atomic mass is 10.1. The van der Waals surface area contributed by atoms with Crippen LogP contribution in [0.1, 0.15) is 35.7 Å². The van der Waals surface area contributed by atoms with Crippen molar-refractivity contribution in [2.24, 2.45) is 0 Å². The molecule has 0 aliphatic carbocycles. The molecule has 0 spiro atoms. The Balaban J connectivity index is 1.99. The van der Waals surface area contributed by atoms with E-state index >= 15 is 0 Å². The molecule has 0 bridgehead atoms. The molecule has 1 aliphatic rings. The number of aldehydes is 1. The summed E-state index contributed by atoms with van der Waals surface area (Å²) in [4.78, 5) is 18.3. The first-order valence-corrected chi connectivity index (χ1v) is 7.78. The van der Waals surface area contributed by atoms with Crippen molar-refractivity contribution in [3.8, 4) is 11.3 Å². The molecule has 0 amide bonds. The molecule has 1 aliphatic heterocycles. The molecule has 2 aromatic heterocycles. The second-order valence-electron chi connectivity index (χ2n) is 6.11. The van der Waals surface area contributed by atoms with E-state index in [1.807, 2.05) is 27.7 Å². The third-order valence-corrected chi connectivity index (χ3v) is 4.09. The summed E-state index contributed by atoms with van der Waals surface area (Å²) in [7, 11) is 0. The molecule has 1 saturated heterocycles. The number of rotatable bonds is 3. The highest BCUT2D eigenvalue weighted by molar-refractivity contribution is 5.86. The van der Waals surface area contributed by atoms with Crippen molar-refractivity contribution >= 4 is 12.0 Å². The maximum atomic E-state index is 11.6. The van der Waals surface area contributed by atoms with E-state index in [1.54, 1.807) is 12.3 Å². The standard InChI is InChI=1S/C17H21N3O3/c1-10-7-20(8-11(2)22-10)16-6-18-15(5-14(16)9-21)17-12(3)19-23-13(17)4/h5-6,9-11H,7-8H2,1-4H3/t10-,11+. The fourth-order valence-corrected chi connectivity index (χ4v) is 3.18. The van der Waals surface area contributed by atoms with Crippen LogP contribution < -0.4 is 4.90 Å². The van der Waals surface area contributed by atoms with Crippen LogP contribution in [0.3, 0.4) is 0 Å². The van der Waals surface area contributed by atoms with E-state index in [2.05, 4.69) is 15.0 Å². The van der Waals surface area contributed by atoms with Crippen LogP contribution in [0.2, 0.25) is 0 Å². The van der Waals surface area contributed by atoms with Gasteiger partial charge in [0.25, 0.3) is 0 Å². The fraction of sp³-hybridized carbons (Fsp3) is 0.471. The Kier molecular flexibility index (Phi) is 4.17. The van der Waals surface area contributed by atoms with E-state index < -0.39 is 0 Å². The number of pyridine rings is 1. The summed E-state index contributed by atoms with van der Waals surface area (Å²) < 4.78 is 10.9. The molecule has 6 nitrogen and oxygen atoms in total. The number of hydrogen-bond donors (Lipinski definition) is 0. The summed E-state index contributed by atoms with van der Waals surface area (Å²) in [6, 6.07) is 1.81. The molecule has 0 N–H and O–H groups in total. The van der Waals surface area contributed by atoms with Crippen LogP contribution in [0.15, 0.2) is 16.8 Å². The van der Waals surface area contributed by atoms with Gasteiger partial charge < -0.3 is 14.2 Å². The summed E-state index contributed by atoms with van der Waals surface area (Å²) in [5, 5.41) is 3.95. The quantitative estimate of drug-likeness (QED) is 0.811. The maximum Gasteiger partial charge on any atom is 0.152 e. The number of hydrogen-bond acceptors (Lipinski definition) is 6. The summed E-state index contributed by atoms with van der Waals surface area (Å²) in [5.74, 6) is 0.702. The molecule has 3 rings (SSSR count). The average Bonchev–Trinajstić information content (AvgIpc) is 2.84. The van der Waals surface area contributed by atoms with Crippen molar-refractivity contribution in [3.05, 3.63) is 29.3 Å². The maximum absolute atomic E-state index is 11.6. The lowest BCUT2D eigenvalue weighted by Gasteiger charge is -2.37. The summed E-state index contributed by atoms with van der Waals surface area (Å²) >= 11 is 0. The minimum Gasteiger partial charge on any atom is -0.372 e. The fourth-order valence-electron chi connectivity index (χ4n) is 3.18. The van der Waals surface area contributed by atoms with Gasteiger partial charge >= 0.3 is 0 Å². The Morgan fingerprint density at radius 2 is 1.96 bits per heavy atom. The molecule has 0 unspecified atom stereocenters. The van der Waals surface area contributed by atoms with E-state index in [4.69, 9.17) is 9.26 Å². The minimum atomic E-state index is 0.125. The van der Waals surface area contributed by atoms with Gasteiger partial charge in [0.15, 0.2) is 6.29 Å². The Morgan fingerprint density at radius 3 is 2.52 bits per heavy atom. The van der Waals surface area contributed by atoms with Crippen LogP contribution in [0.4, 0.5) is 5.69 Å². The van der Waals surface area contributed by atoms with Crippen molar-refractivity contribution in [3.63, 3.8) is 0 Å². The normalized spacial score (nSPS) is 21.5. The predicted molar refractivity (Wildman–Crippen MR) is 86.8 cm³/mol. The highest BCUT2D eigenvalue weighted by Crippen LogP contribution is 2.29. The van der Waals surface area contributed by atoms with Crippen molar-refractivity contribution in [2.45, 2.75) is 39.9 Å². The van der Waals surface area contributed by atoms with Gasteiger partial charge in [-0.2, -0.15) is 0 Å². The van der Waals surface area contributed by atoms with Gasteiger partial charge in [-0.15, -0.1) is 0 Å². The lowest BCUT2D eigenvalue weighted by molar-refractivity contribution is -0.00527. The molecular formula is C17H21N3O3. The molecule has 2 atom stereocenters. The monoisotopic (exact) mass is 315 g/mol. The molecule has 1 fully saturated rings. The molecule has 0 radical (unpaired) electrons. The second-order valence-corrected chi connectivity index (χ2v) is 6.11. The van der Waals surface area contributed by atoms with E-state index in [9.17, 15) is 4.79 Å². The molecular weight excluding hydrogens is 294 g/mol. The summed E-state index contributed by atoms with van der Waals surface area (Å²) in [6.07, 6.45) is 2.89. The minimum absolute atomic E-state index is 0.125. The smallest absolute Gasteiger partial charge is 0.152 e. The van der Waals surface area contributed by atoms with Crippen LogP contribution in [0, 0.1) is 13.8 Å². The second kappa shape index (κ2) is 6.12. The van der Waals surface area contributed by atoms with Crippen molar-refractivity contribution in [1.82, 2.24) is 10.1 Å². The Morgan fingerprint density at radius 1 is 1.26 bits per heavy atom. The first kappa shape index (κ1) is 15.7. The number of aryl methyl sites for hydroxylation is 2. The topological polar surface area (TPSA) is 68.5 Å². The van der Waals surface area contributed by atoms with Crippen LogP contribution in [0.25, 0.3) is 11.3 Å². The largest absolute Gasteiger partial charge is 0.372 e. The molecule has 2 aromatic rings. The Labute approximate surface area is 135 Å². The van der Waals surface area contributed by atoms with Crippen LogP contribution >= 0.6 is 0 Å². The molecule has 23 heavy (non-hydrogen) atoms. The van der Waals surface area contributed by atoms with Gasteiger partial charge in [0.1, 0.15) is 5.76 Å². The lowest BCUT2D eigenvalue weighted by Crippen LogP contribution is -2.45. The number of anilines is 1. The molecule has 3 heterocycles. The number of ether oxygens (including phenoxy) is 1. The van der Waals surface area contributed by atoms with Gasteiger partial charge in [0, 0.05) is 18.7 Å². The van der Waals surface area contributed by atoms with Gasteiger partial charge in [-0.1, -0.05) is 5.16 Å². The highest BCUT2D eigenvalue weighted by atomic mass is 16.5. The van der Waals surface area contributed by atoms with E-state index in [-0.39, 0.29) is 12.2 Å². The van der Waals surface area contributed by atoms with Crippen molar-refractivity contribution in [2.75, 3.05) is 18.0 Å². The summed E-state index contributed by atoms with van der Waals surface area (Å²) in [5.41, 5.74) is 3.80. The zero-order chi connectivity index (χ0) is 16.6. The van der Waals surface area contributed by atoms with Crippen LogP contribution in [-0.2, 0) is 4.74 Å². The summed E-state index contributed by atoms with van der Waals surface area (Å²) in [6.45, 7) is 9.28. The van der Waals surface area contributed by atoms with E-state index in [1.165, 1.54) is 0 Å². The zero-order valence-corrected chi connectivity index (χ0v) is 13.9. The SMILES string of the molecule is Cc1noc(C)c1-c1cc(C=O)c(N2C[C@@H](C)O[C@@H](C)C2)cn1. The number of nitrogens with zero attached hydrogens (tertiary/aromatic N) is 3. The molecule has 122 valence electrons. The molecule has 0 aromatic carbocycles. The van der Waals surface area contributed by atoms with E-state index in [0.717, 1.165) is 36.3 Å². The molecule has 6 heteroatoms. The van der Waals surface area contributed by atoms with Gasteiger partial charge in [0.05, 0.1) is 41.0 Å². The number of aromatic nitrogens is 2. The number of carbonyl (C=O) groups excluding carboxylic acids is 1. The first-order chi connectivity index (χ1) is 11.0. The van der Waals surface area contributed by atoms with E-state index in [0.29, 0.717) is 17.0 Å². The number of morpholine rings is 1. The van der Waals surface area contributed by atoms with Crippen LogP contribution in [0.5, 0.6) is 0 Å². The van der Waals surface area contributed by atoms with Crippen molar-refractivity contribution < 1.29 is 14.1 Å². The third-order valence-electron chi connectivity index (χ3n) is 4.09. The van der Waals surface area contributed by atoms with Gasteiger partial charge in [-0.25, -0.2) is 0 Å². The van der Waals surface area contributed by atoms with Gasteiger partial charge in [0.2, 0.25) is 0 Å². The van der Waals surface area contributed by atoms with Gasteiger partial charge in [-0.3, -0.25) is 9.78 Å². The van der Waals surface area contributed by atoms with Crippen LogP contribution in [-0.4, -0.2) is 41.7 Å². The predicted octanol–water partition coefficient (Wildman–Crippen LogP) is 2.78. The molecule has 0 saturated carbocycles. The first-order valence-electron chi connectivity index (χ1n) is 7.78. The Bertz CT molecular complexity index is 696. The van der Waals surface area contributed by atoms with Crippen molar-refractivity contribution in [1.29, 1.82) is 0 Å². The average molecular weight is 315 g/mol. The number of carbonyl (C=O) groups is 1. The van der Waals surface area contributed by atoms with Gasteiger partial charge in [-0.05, 0) is 33.8 Å². The Hall–Kier alpha value is -2.21. The third kappa shape index (κ3) is 2.99. The highest BCUT2D eigenvalue weighted by Gasteiger charge is 2.25. The zero-order valence-electron chi connectivity index (χ0n) is 13.9.